The van der Waals surface area contributed by atoms with Gasteiger partial charge in [0.05, 0.1) is 16.6 Å². The Morgan fingerprint density at radius 1 is 1.40 bits per heavy atom. The highest BCUT2D eigenvalue weighted by molar-refractivity contribution is 6.34. The molecule has 0 fully saturated rings. The minimum Gasteiger partial charge on any atom is -0.355 e. The molecule has 1 aromatic rings. The summed E-state index contributed by atoms with van der Waals surface area (Å²) in [6.07, 6.45) is 1.46. The number of benzene rings is 1. The fourth-order valence-electron chi connectivity index (χ4n) is 1.59. The zero-order valence-electron chi connectivity index (χ0n) is 11.4. The van der Waals surface area contributed by atoms with Crippen molar-refractivity contribution in [2.24, 2.45) is 5.73 Å². The van der Waals surface area contributed by atoms with E-state index in [0.717, 1.165) is 6.42 Å². The largest absolute Gasteiger partial charge is 0.355 e. The maximum atomic E-state index is 11.7. The van der Waals surface area contributed by atoms with E-state index in [1.165, 1.54) is 13.1 Å². The molecular weight excluding hydrogens is 301 g/mol. The lowest BCUT2D eigenvalue weighted by molar-refractivity contribution is -0.117. The number of hydrogen-bond acceptors (Lipinski definition) is 3. The lowest BCUT2D eigenvalue weighted by Gasteiger charge is -2.12. The Morgan fingerprint density at radius 2 is 2.05 bits per heavy atom. The summed E-state index contributed by atoms with van der Waals surface area (Å²) in [5, 5.41) is 5.44. The SMILES string of the molecule is CCCC(N)C(=O)Nc1ccc(C(=O)NC)c(Cl)c1.Cl. The van der Waals surface area contributed by atoms with E-state index in [9.17, 15) is 9.59 Å². The number of anilines is 1. The predicted octanol–water partition coefficient (Wildman–Crippen LogP) is 2.19. The lowest BCUT2D eigenvalue weighted by Crippen LogP contribution is -2.35. The monoisotopic (exact) mass is 319 g/mol. The third-order valence-corrected chi connectivity index (χ3v) is 2.96. The molecule has 112 valence electrons. The third kappa shape index (κ3) is 5.00. The average Bonchev–Trinajstić information content (AvgIpc) is 2.38. The van der Waals surface area contributed by atoms with Crippen LogP contribution in [0.3, 0.4) is 0 Å². The van der Waals surface area contributed by atoms with Crippen molar-refractivity contribution in [3.63, 3.8) is 0 Å². The van der Waals surface area contributed by atoms with Crippen LogP contribution in [-0.2, 0) is 4.79 Å². The van der Waals surface area contributed by atoms with Gasteiger partial charge in [-0.15, -0.1) is 12.4 Å². The number of hydrogen-bond donors (Lipinski definition) is 3. The summed E-state index contributed by atoms with van der Waals surface area (Å²) in [5.74, 6) is -0.531. The Balaban J connectivity index is 0.00000361. The minimum atomic E-state index is -0.539. The van der Waals surface area contributed by atoms with E-state index in [4.69, 9.17) is 17.3 Å². The highest BCUT2D eigenvalue weighted by Crippen LogP contribution is 2.21. The molecule has 0 aliphatic rings. The zero-order valence-corrected chi connectivity index (χ0v) is 13.0. The third-order valence-electron chi connectivity index (χ3n) is 2.64. The highest BCUT2D eigenvalue weighted by atomic mass is 35.5. The van der Waals surface area contributed by atoms with Crippen LogP contribution in [0.15, 0.2) is 18.2 Å². The summed E-state index contributed by atoms with van der Waals surface area (Å²) in [5.41, 5.74) is 6.59. The average molecular weight is 320 g/mol. The van der Waals surface area contributed by atoms with Crippen molar-refractivity contribution in [3.05, 3.63) is 28.8 Å². The van der Waals surface area contributed by atoms with Gasteiger partial charge in [0.15, 0.2) is 0 Å². The topological polar surface area (TPSA) is 84.2 Å². The van der Waals surface area contributed by atoms with Gasteiger partial charge in [0.2, 0.25) is 5.91 Å². The van der Waals surface area contributed by atoms with Crippen LogP contribution in [0.2, 0.25) is 5.02 Å². The molecule has 4 N–H and O–H groups in total. The summed E-state index contributed by atoms with van der Waals surface area (Å²) >= 11 is 5.98. The number of rotatable bonds is 5. The van der Waals surface area contributed by atoms with Crippen LogP contribution in [0, 0.1) is 0 Å². The molecular formula is C13H19Cl2N3O2. The molecule has 7 heteroatoms. The van der Waals surface area contributed by atoms with Gasteiger partial charge in [-0.05, 0) is 24.6 Å². The van der Waals surface area contributed by atoms with Gasteiger partial charge < -0.3 is 16.4 Å². The first-order valence-corrected chi connectivity index (χ1v) is 6.45. The van der Waals surface area contributed by atoms with Crippen molar-refractivity contribution in [2.45, 2.75) is 25.8 Å². The van der Waals surface area contributed by atoms with Gasteiger partial charge in [0, 0.05) is 12.7 Å². The Labute approximate surface area is 129 Å². The smallest absolute Gasteiger partial charge is 0.252 e. The van der Waals surface area contributed by atoms with Gasteiger partial charge in [-0.1, -0.05) is 24.9 Å². The first-order chi connectivity index (χ1) is 8.99. The number of carbonyl (C=O) groups excluding carboxylic acids is 2. The minimum absolute atomic E-state index is 0. The van der Waals surface area contributed by atoms with E-state index < -0.39 is 6.04 Å². The summed E-state index contributed by atoms with van der Waals surface area (Å²) < 4.78 is 0. The van der Waals surface area contributed by atoms with E-state index in [-0.39, 0.29) is 29.2 Å². The number of halogens is 2. The molecule has 0 heterocycles. The molecule has 1 unspecified atom stereocenters. The van der Waals surface area contributed by atoms with Gasteiger partial charge in [-0.25, -0.2) is 0 Å². The second-order valence-electron chi connectivity index (χ2n) is 4.16. The summed E-state index contributed by atoms with van der Waals surface area (Å²) in [7, 11) is 1.53. The lowest BCUT2D eigenvalue weighted by atomic mass is 10.1. The molecule has 1 aromatic carbocycles. The maximum Gasteiger partial charge on any atom is 0.252 e. The molecule has 0 spiro atoms. The highest BCUT2D eigenvalue weighted by Gasteiger charge is 2.14. The normalized spacial score (nSPS) is 11.2. The van der Waals surface area contributed by atoms with Gasteiger partial charge in [-0.2, -0.15) is 0 Å². The Hall–Kier alpha value is -1.30. The second kappa shape index (κ2) is 8.79. The quantitative estimate of drug-likeness (QED) is 0.777. The zero-order chi connectivity index (χ0) is 14.4. The number of amides is 2. The first-order valence-electron chi connectivity index (χ1n) is 6.07. The van der Waals surface area contributed by atoms with Crippen molar-refractivity contribution in [2.75, 3.05) is 12.4 Å². The second-order valence-corrected chi connectivity index (χ2v) is 4.57. The molecule has 20 heavy (non-hydrogen) atoms. The molecule has 1 atom stereocenters. The Bertz CT molecular complexity index is 481. The standard InChI is InChI=1S/C13H18ClN3O2.ClH/c1-3-4-11(15)13(19)17-8-5-6-9(10(14)7-8)12(18)16-2;/h5-7,11H,3-4,15H2,1-2H3,(H,16,18)(H,17,19);1H. The molecule has 0 aromatic heterocycles. The van der Waals surface area contributed by atoms with Gasteiger partial charge in [0.25, 0.3) is 5.91 Å². The van der Waals surface area contributed by atoms with E-state index in [0.29, 0.717) is 17.7 Å². The molecule has 0 saturated carbocycles. The van der Waals surface area contributed by atoms with Crippen LogP contribution >= 0.6 is 24.0 Å². The van der Waals surface area contributed by atoms with Gasteiger partial charge in [-0.3, -0.25) is 9.59 Å². The van der Waals surface area contributed by atoms with Crippen LogP contribution in [0.25, 0.3) is 0 Å². The molecule has 0 radical (unpaired) electrons. The molecule has 5 nitrogen and oxygen atoms in total. The van der Waals surface area contributed by atoms with Gasteiger partial charge in [0.1, 0.15) is 0 Å². The number of carbonyl (C=O) groups is 2. The fourth-order valence-corrected chi connectivity index (χ4v) is 1.86. The van der Waals surface area contributed by atoms with Crippen LogP contribution in [-0.4, -0.2) is 24.9 Å². The van der Waals surface area contributed by atoms with E-state index in [1.54, 1.807) is 12.1 Å². The van der Waals surface area contributed by atoms with E-state index in [1.807, 2.05) is 6.92 Å². The molecule has 0 bridgehead atoms. The predicted molar refractivity (Wildman–Crippen MR) is 83.6 cm³/mol. The fraction of sp³-hybridized carbons (Fsp3) is 0.385. The molecule has 1 rings (SSSR count). The molecule has 2 amide bonds. The van der Waals surface area contributed by atoms with Gasteiger partial charge >= 0.3 is 0 Å². The maximum absolute atomic E-state index is 11.7. The van der Waals surface area contributed by atoms with Crippen molar-refractivity contribution in [3.8, 4) is 0 Å². The van der Waals surface area contributed by atoms with E-state index >= 15 is 0 Å². The molecule has 0 saturated heterocycles. The van der Waals surface area contributed by atoms with Crippen LogP contribution in [0.5, 0.6) is 0 Å². The van der Waals surface area contributed by atoms with Crippen molar-refractivity contribution in [1.29, 1.82) is 0 Å². The summed E-state index contributed by atoms with van der Waals surface area (Å²) in [6.45, 7) is 1.96. The Kier molecular flexibility index (Phi) is 8.22. The molecule has 0 aliphatic heterocycles. The molecule has 0 aliphatic carbocycles. The summed E-state index contributed by atoms with van der Waals surface area (Å²) in [6, 6.07) is 4.17. The number of nitrogens with one attached hydrogen (secondary N) is 2. The van der Waals surface area contributed by atoms with Crippen molar-refractivity contribution >= 4 is 41.5 Å². The summed E-state index contributed by atoms with van der Waals surface area (Å²) in [4.78, 5) is 23.2. The van der Waals surface area contributed by atoms with Crippen LogP contribution < -0.4 is 16.4 Å². The van der Waals surface area contributed by atoms with Crippen LogP contribution in [0.4, 0.5) is 5.69 Å². The van der Waals surface area contributed by atoms with Crippen LogP contribution in [0.1, 0.15) is 30.1 Å². The van der Waals surface area contributed by atoms with E-state index in [2.05, 4.69) is 10.6 Å². The van der Waals surface area contributed by atoms with Crippen molar-refractivity contribution < 1.29 is 9.59 Å². The van der Waals surface area contributed by atoms with Crippen molar-refractivity contribution in [1.82, 2.24) is 5.32 Å². The first kappa shape index (κ1) is 18.7. The Morgan fingerprint density at radius 3 is 2.55 bits per heavy atom. The number of nitrogens with two attached hydrogens (primary N) is 1.